The number of nitrogens with zero attached hydrogens (tertiary/aromatic N) is 1. The number of nitro groups is 1. The minimum Gasteiger partial charge on any atom is -0.392 e. The summed E-state index contributed by atoms with van der Waals surface area (Å²) in [6, 6.07) is 4.84. The molecule has 0 fully saturated rings. The summed E-state index contributed by atoms with van der Waals surface area (Å²) in [5.74, 6) is -0.337. The third kappa shape index (κ3) is 1.94. The smallest absolute Gasteiger partial charge is 0.276 e. The van der Waals surface area contributed by atoms with E-state index in [1.54, 1.807) is 18.2 Å². The van der Waals surface area contributed by atoms with Crippen molar-refractivity contribution in [2.75, 3.05) is 0 Å². The minimum absolute atomic E-state index is 0.0338. The molecule has 17 heavy (non-hydrogen) atoms. The van der Waals surface area contributed by atoms with E-state index in [1.807, 2.05) is 6.92 Å². The molecule has 0 radical (unpaired) electrons. The quantitative estimate of drug-likeness (QED) is 0.665. The molecule has 90 valence electrons. The first-order valence-corrected chi connectivity index (χ1v) is 5.76. The largest absolute Gasteiger partial charge is 0.392 e. The Hall–Kier alpha value is -1.39. The first-order valence-electron chi connectivity index (χ1n) is 5.38. The summed E-state index contributed by atoms with van der Waals surface area (Å²) < 4.78 is 0. The molecule has 5 heteroatoms. The zero-order valence-electron chi connectivity index (χ0n) is 9.26. The lowest BCUT2D eigenvalue weighted by Gasteiger charge is -2.18. The van der Waals surface area contributed by atoms with Gasteiger partial charge in [-0.2, -0.15) is 0 Å². The van der Waals surface area contributed by atoms with Gasteiger partial charge >= 0.3 is 0 Å². The van der Waals surface area contributed by atoms with Crippen molar-refractivity contribution in [1.82, 2.24) is 0 Å². The topological polar surface area (TPSA) is 63.4 Å². The van der Waals surface area contributed by atoms with E-state index in [4.69, 9.17) is 11.6 Å². The normalized spacial score (nSPS) is 19.7. The lowest BCUT2D eigenvalue weighted by molar-refractivity contribution is -0.385. The van der Waals surface area contributed by atoms with Gasteiger partial charge in [0.15, 0.2) is 0 Å². The Morgan fingerprint density at radius 2 is 2.29 bits per heavy atom. The number of hydrogen-bond donors (Lipinski definition) is 1. The van der Waals surface area contributed by atoms with Crippen molar-refractivity contribution < 1.29 is 10.0 Å². The number of aliphatic hydroxyl groups excluding tert-OH is 1. The second kappa shape index (κ2) is 4.47. The Morgan fingerprint density at radius 3 is 2.88 bits per heavy atom. The number of benzene rings is 1. The first kappa shape index (κ1) is 12.1. The fraction of sp³-hybridized carbons (Fsp3) is 0.333. The SMILES string of the molecule is CCC(O)C1C(Cl)=Cc2c1cccc2[N+](=O)[O-]. The second-order valence-corrected chi connectivity index (χ2v) is 4.46. The molecule has 0 saturated carbocycles. The van der Waals surface area contributed by atoms with Gasteiger partial charge in [-0.3, -0.25) is 10.1 Å². The molecule has 0 aliphatic heterocycles. The van der Waals surface area contributed by atoms with E-state index in [0.29, 0.717) is 17.0 Å². The maximum atomic E-state index is 10.9. The molecule has 1 aliphatic rings. The molecule has 2 rings (SSSR count). The number of rotatable bonds is 3. The van der Waals surface area contributed by atoms with Gasteiger partial charge < -0.3 is 5.11 Å². The van der Waals surface area contributed by atoms with Crippen LogP contribution in [0.5, 0.6) is 0 Å². The van der Waals surface area contributed by atoms with Crippen molar-refractivity contribution in [2.24, 2.45) is 0 Å². The molecule has 1 aromatic carbocycles. The molecule has 0 amide bonds. The number of hydrogen-bond acceptors (Lipinski definition) is 3. The van der Waals surface area contributed by atoms with Crippen LogP contribution in [-0.2, 0) is 0 Å². The van der Waals surface area contributed by atoms with Crippen LogP contribution < -0.4 is 0 Å². The van der Waals surface area contributed by atoms with Gasteiger partial charge in [-0.25, -0.2) is 0 Å². The van der Waals surface area contributed by atoms with Crippen LogP contribution in [0.15, 0.2) is 23.2 Å². The van der Waals surface area contributed by atoms with Crippen LogP contribution in [0.2, 0.25) is 0 Å². The minimum atomic E-state index is -0.609. The van der Waals surface area contributed by atoms with E-state index in [1.165, 1.54) is 6.07 Å². The molecule has 0 spiro atoms. The maximum absolute atomic E-state index is 10.9. The van der Waals surface area contributed by atoms with Crippen LogP contribution in [-0.4, -0.2) is 16.1 Å². The summed E-state index contributed by atoms with van der Waals surface area (Å²) in [6.07, 6.45) is 1.53. The van der Waals surface area contributed by atoms with Gasteiger partial charge in [0, 0.05) is 17.0 Å². The molecular formula is C12H12ClNO3. The Labute approximate surface area is 104 Å². The summed E-state index contributed by atoms with van der Waals surface area (Å²) >= 11 is 6.07. The van der Waals surface area contributed by atoms with Gasteiger partial charge in [0.1, 0.15) is 0 Å². The molecular weight excluding hydrogens is 242 g/mol. The van der Waals surface area contributed by atoms with Crippen molar-refractivity contribution in [3.05, 3.63) is 44.5 Å². The second-order valence-electron chi connectivity index (χ2n) is 4.02. The number of aliphatic hydroxyl groups is 1. The summed E-state index contributed by atoms with van der Waals surface area (Å²) in [5, 5.41) is 21.3. The Bertz CT molecular complexity index is 499. The van der Waals surface area contributed by atoms with Crippen molar-refractivity contribution in [2.45, 2.75) is 25.4 Å². The van der Waals surface area contributed by atoms with Crippen LogP contribution in [0.1, 0.15) is 30.4 Å². The molecule has 2 unspecified atom stereocenters. The van der Waals surface area contributed by atoms with Crippen LogP contribution in [0.4, 0.5) is 5.69 Å². The molecule has 1 aromatic rings. The summed E-state index contributed by atoms with van der Waals surface area (Å²) in [7, 11) is 0. The van der Waals surface area contributed by atoms with E-state index in [9.17, 15) is 15.2 Å². The molecule has 0 saturated heterocycles. The van der Waals surface area contributed by atoms with E-state index in [-0.39, 0.29) is 11.6 Å². The van der Waals surface area contributed by atoms with Gasteiger partial charge in [0.25, 0.3) is 5.69 Å². The van der Waals surface area contributed by atoms with Crippen molar-refractivity contribution in [3.63, 3.8) is 0 Å². The van der Waals surface area contributed by atoms with Gasteiger partial charge in [-0.15, -0.1) is 0 Å². The first-order chi connectivity index (χ1) is 8.06. The number of fused-ring (bicyclic) bond motifs is 1. The highest BCUT2D eigenvalue weighted by Crippen LogP contribution is 2.44. The van der Waals surface area contributed by atoms with E-state index in [0.717, 1.165) is 5.56 Å². The molecule has 0 aromatic heterocycles. The highest BCUT2D eigenvalue weighted by atomic mass is 35.5. The van der Waals surface area contributed by atoms with E-state index >= 15 is 0 Å². The van der Waals surface area contributed by atoms with E-state index < -0.39 is 11.0 Å². The molecule has 4 nitrogen and oxygen atoms in total. The number of nitro benzene ring substituents is 1. The van der Waals surface area contributed by atoms with Gasteiger partial charge in [0.2, 0.25) is 0 Å². The van der Waals surface area contributed by atoms with E-state index in [2.05, 4.69) is 0 Å². The van der Waals surface area contributed by atoms with Crippen molar-refractivity contribution >= 4 is 23.4 Å². The van der Waals surface area contributed by atoms with Gasteiger partial charge in [-0.05, 0) is 18.1 Å². The lowest BCUT2D eigenvalue weighted by atomic mass is 9.93. The summed E-state index contributed by atoms with van der Waals surface area (Å²) in [6.45, 7) is 1.85. The Kier molecular flexibility index (Phi) is 3.17. The van der Waals surface area contributed by atoms with Gasteiger partial charge in [-0.1, -0.05) is 30.7 Å². The zero-order chi connectivity index (χ0) is 12.6. The third-order valence-corrected chi connectivity index (χ3v) is 3.38. The highest BCUT2D eigenvalue weighted by molar-refractivity contribution is 6.33. The molecule has 0 bridgehead atoms. The van der Waals surface area contributed by atoms with Crippen LogP contribution in [0.25, 0.3) is 6.08 Å². The maximum Gasteiger partial charge on any atom is 0.276 e. The highest BCUT2D eigenvalue weighted by Gasteiger charge is 2.33. The molecule has 0 heterocycles. The Morgan fingerprint density at radius 1 is 1.59 bits per heavy atom. The average molecular weight is 254 g/mol. The average Bonchev–Trinajstić information content (AvgIpc) is 2.63. The fourth-order valence-corrected chi connectivity index (χ4v) is 2.53. The van der Waals surface area contributed by atoms with Crippen molar-refractivity contribution in [1.29, 1.82) is 0 Å². The predicted molar refractivity (Wildman–Crippen MR) is 66.0 cm³/mol. The third-order valence-electron chi connectivity index (χ3n) is 3.03. The lowest BCUT2D eigenvalue weighted by Crippen LogP contribution is -2.16. The van der Waals surface area contributed by atoms with Gasteiger partial charge in [0.05, 0.1) is 16.6 Å². The van der Waals surface area contributed by atoms with Crippen LogP contribution in [0, 0.1) is 10.1 Å². The molecule has 1 N–H and O–H groups in total. The summed E-state index contributed by atoms with van der Waals surface area (Å²) in [5.41, 5.74) is 1.28. The Balaban J connectivity index is 2.54. The molecule has 1 aliphatic carbocycles. The standard InChI is InChI=1S/C12H12ClNO3/c1-2-11(15)12-7-4-3-5-10(14(16)17)8(7)6-9(12)13/h3-6,11-12,15H,2H2,1H3. The molecule has 2 atom stereocenters. The van der Waals surface area contributed by atoms with Crippen LogP contribution in [0.3, 0.4) is 0 Å². The number of halogens is 1. The van der Waals surface area contributed by atoms with Crippen LogP contribution >= 0.6 is 11.6 Å². The monoisotopic (exact) mass is 253 g/mol. The fourth-order valence-electron chi connectivity index (χ4n) is 2.16. The van der Waals surface area contributed by atoms with Crippen molar-refractivity contribution in [3.8, 4) is 0 Å². The predicted octanol–water partition coefficient (Wildman–Crippen LogP) is 3.04. The summed E-state index contributed by atoms with van der Waals surface area (Å²) in [4.78, 5) is 10.5. The zero-order valence-corrected chi connectivity index (χ0v) is 10.0.